The summed E-state index contributed by atoms with van der Waals surface area (Å²) in [5.74, 6) is -0.256. The van der Waals surface area contributed by atoms with Crippen molar-refractivity contribution in [3.63, 3.8) is 0 Å². The van der Waals surface area contributed by atoms with E-state index in [1.807, 2.05) is 55.5 Å². The molecule has 0 saturated carbocycles. The number of anilines is 2. The summed E-state index contributed by atoms with van der Waals surface area (Å²) in [6.07, 6.45) is 0.794. The fourth-order valence-corrected chi connectivity index (χ4v) is 3.31. The van der Waals surface area contributed by atoms with E-state index in [1.165, 1.54) is 0 Å². The van der Waals surface area contributed by atoms with E-state index in [2.05, 4.69) is 10.2 Å². The highest BCUT2D eigenvalue weighted by atomic mass is 16.5. The zero-order chi connectivity index (χ0) is 19.2. The van der Waals surface area contributed by atoms with Gasteiger partial charge in [-0.1, -0.05) is 37.3 Å². The number of para-hydroxylation sites is 3. The van der Waals surface area contributed by atoms with E-state index in [-0.39, 0.29) is 0 Å². The molecule has 1 fully saturated rings. The van der Waals surface area contributed by atoms with Gasteiger partial charge in [0, 0.05) is 31.9 Å². The Labute approximate surface area is 159 Å². The first kappa shape index (κ1) is 18.8. The Kier molecular flexibility index (Phi) is 5.96. The maximum absolute atomic E-state index is 12.5. The summed E-state index contributed by atoms with van der Waals surface area (Å²) >= 11 is 0. The van der Waals surface area contributed by atoms with Gasteiger partial charge in [0.25, 0.3) is 0 Å². The summed E-state index contributed by atoms with van der Waals surface area (Å²) in [6.45, 7) is 4.33. The molecule has 0 unspecified atom stereocenters. The van der Waals surface area contributed by atoms with Crippen molar-refractivity contribution in [3.05, 3.63) is 54.1 Å². The molecule has 27 heavy (non-hydrogen) atoms. The second-order valence-electron chi connectivity index (χ2n) is 6.42. The van der Waals surface area contributed by atoms with Gasteiger partial charge in [-0.15, -0.1) is 0 Å². The summed E-state index contributed by atoms with van der Waals surface area (Å²) in [5, 5.41) is 2.76. The van der Waals surface area contributed by atoms with E-state index < -0.39 is 11.8 Å². The van der Waals surface area contributed by atoms with Gasteiger partial charge in [-0.2, -0.15) is 0 Å². The molecule has 0 aliphatic carbocycles. The Morgan fingerprint density at radius 1 is 1.00 bits per heavy atom. The number of piperazine rings is 1. The number of aryl methyl sites for hydroxylation is 1. The molecule has 0 aromatic heterocycles. The van der Waals surface area contributed by atoms with Crippen molar-refractivity contribution in [2.75, 3.05) is 43.5 Å². The molecule has 6 nitrogen and oxygen atoms in total. The zero-order valence-corrected chi connectivity index (χ0v) is 15.8. The minimum Gasteiger partial charge on any atom is -0.495 e. The Hall–Kier alpha value is -3.02. The molecule has 0 radical (unpaired) electrons. The van der Waals surface area contributed by atoms with E-state index in [4.69, 9.17) is 4.74 Å². The first-order chi connectivity index (χ1) is 13.1. The fourth-order valence-electron chi connectivity index (χ4n) is 3.31. The van der Waals surface area contributed by atoms with Crippen molar-refractivity contribution in [1.29, 1.82) is 0 Å². The van der Waals surface area contributed by atoms with E-state index in [0.29, 0.717) is 31.9 Å². The Morgan fingerprint density at radius 2 is 1.67 bits per heavy atom. The lowest BCUT2D eigenvalue weighted by atomic mass is 10.1. The summed E-state index contributed by atoms with van der Waals surface area (Å²) in [6, 6.07) is 15.4. The van der Waals surface area contributed by atoms with Gasteiger partial charge in [0.05, 0.1) is 12.8 Å². The number of rotatable bonds is 4. The standard InChI is InChI=1S/C21H25N3O3/c1-3-16-8-4-5-9-17(16)22-20(25)21(26)24-14-12-23(13-15-24)18-10-6-7-11-19(18)27-2/h4-11H,3,12-15H2,1-2H3,(H,22,25). The molecule has 3 rings (SSSR count). The van der Waals surface area contributed by atoms with Crippen LogP contribution in [0.3, 0.4) is 0 Å². The van der Waals surface area contributed by atoms with E-state index >= 15 is 0 Å². The van der Waals surface area contributed by atoms with Gasteiger partial charge in [0.1, 0.15) is 5.75 Å². The van der Waals surface area contributed by atoms with Crippen LogP contribution in [0.25, 0.3) is 0 Å². The van der Waals surface area contributed by atoms with Gasteiger partial charge in [-0.05, 0) is 30.2 Å². The van der Waals surface area contributed by atoms with Crippen LogP contribution in [0, 0.1) is 0 Å². The number of nitrogens with one attached hydrogen (secondary N) is 1. The minimum atomic E-state index is -0.582. The lowest BCUT2D eigenvalue weighted by Gasteiger charge is -2.36. The van der Waals surface area contributed by atoms with Crippen LogP contribution in [0.5, 0.6) is 5.75 Å². The zero-order valence-electron chi connectivity index (χ0n) is 15.8. The maximum atomic E-state index is 12.5. The molecular weight excluding hydrogens is 342 g/mol. The van der Waals surface area contributed by atoms with Gasteiger partial charge in [0.2, 0.25) is 0 Å². The topological polar surface area (TPSA) is 61.9 Å². The largest absolute Gasteiger partial charge is 0.495 e. The number of hydrogen-bond donors (Lipinski definition) is 1. The number of methoxy groups -OCH3 is 1. The number of hydrogen-bond acceptors (Lipinski definition) is 4. The number of benzene rings is 2. The van der Waals surface area contributed by atoms with Crippen molar-refractivity contribution < 1.29 is 14.3 Å². The quantitative estimate of drug-likeness (QED) is 0.844. The van der Waals surface area contributed by atoms with Gasteiger partial charge in [-0.3, -0.25) is 9.59 Å². The molecule has 142 valence electrons. The first-order valence-corrected chi connectivity index (χ1v) is 9.20. The molecule has 1 aliphatic rings. The summed E-state index contributed by atoms with van der Waals surface area (Å²) < 4.78 is 5.41. The molecule has 1 saturated heterocycles. The average molecular weight is 367 g/mol. The Bertz CT molecular complexity index is 814. The molecular formula is C21H25N3O3. The molecule has 1 aliphatic heterocycles. The van der Waals surface area contributed by atoms with Crippen LogP contribution in [0.2, 0.25) is 0 Å². The normalized spacial score (nSPS) is 14.0. The third-order valence-electron chi connectivity index (χ3n) is 4.83. The third-order valence-corrected chi connectivity index (χ3v) is 4.83. The molecule has 2 aromatic carbocycles. The highest BCUT2D eigenvalue weighted by Gasteiger charge is 2.27. The van der Waals surface area contributed by atoms with Crippen LogP contribution in [0.1, 0.15) is 12.5 Å². The van der Waals surface area contributed by atoms with Gasteiger partial charge < -0.3 is 19.9 Å². The van der Waals surface area contributed by atoms with Crippen molar-refractivity contribution in [2.24, 2.45) is 0 Å². The van der Waals surface area contributed by atoms with Crippen LogP contribution in [0.15, 0.2) is 48.5 Å². The van der Waals surface area contributed by atoms with Crippen LogP contribution in [-0.4, -0.2) is 50.0 Å². The van der Waals surface area contributed by atoms with E-state index in [9.17, 15) is 9.59 Å². The molecule has 0 atom stereocenters. The second-order valence-corrected chi connectivity index (χ2v) is 6.42. The molecule has 2 amide bonds. The van der Waals surface area contributed by atoms with Crippen molar-refractivity contribution in [3.8, 4) is 5.75 Å². The highest BCUT2D eigenvalue weighted by Crippen LogP contribution is 2.28. The number of carbonyl (C=O) groups is 2. The fraction of sp³-hybridized carbons (Fsp3) is 0.333. The predicted octanol–water partition coefficient (Wildman–Crippen LogP) is 2.54. The first-order valence-electron chi connectivity index (χ1n) is 9.20. The SMILES string of the molecule is CCc1ccccc1NC(=O)C(=O)N1CCN(c2ccccc2OC)CC1. The summed E-state index contributed by atoms with van der Waals surface area (Å²) in [5.41, 5.74) is 2.72. The Balaban J connectivity index is 1.60. The van der Waals surface area contributed by atoms with Crippen LogP contribution >= 0.6 is 0 Å². The average Bonchev–Trinajstić information content (AvgIpc) is 2.73. The van der Waals surface area contributed by atoms with Gasteiger partial charge in [0.15, 0.2) is 0 Å². The minimum absolute atomic E-state index is 0.486. The number of nitrogens with zero attached hydrogens (tertiary/aromatic N) is 2. The molecule has 0 bridgehead atoms. The number of ether oxygens (including phenoxy) is 1. The van der Waals surface area contributed by atoms with Gasteiger partial charge in [-0.25, -0.2) is 0 Å². The Morgan fingerprint density at radius 3 is 2.37 bits per heavy atom. The molecule has 1 heterocycles. The highest BCUT2D eigenvalue weighted by molar-refractivity contribution is 6.39. The monoisotopic (exact) mass is 367 g/mol. The number of carbonyl (C=O) groups excluding carboxylic acids is 2. The summed E-state index contributed by atoms with van der Waals surface area (Å²) in [4.78, 5) is 28.7. The maximum Gasteiger partial charge on any atom is 0.313 e. The number of amides is 2. The molecule has 2 aromatic rings. The summed E-state index contributed by atoms with van der Waals surface area (Å²) in [7, 11) is 1.65. The van der Waals surface area contributed by atoms with Crippen LogP contribution < -0.4 is 15.0 Å². The second kappa shape index (κ2) is 8.58. The van der Waals surface area contributed by atoms with Crippen LogP contribution in [0.4, 0.5) is 11.4 Å². The van der Waals surface area contributed by atoms with Gasteiger partial charge >= 0.3 is 11.8 Å². The smallest absolute Gasteiger partial charge is 0.313 e. The van der Waals surface area contributed by atoms with Crippen LogP contribution in [-0.2, 0) is 16.0 Å². The lowest BCUT2D eigenvalue weighted by Crippen LogP contribution is -2.51. The predicted molar refractivity (Wildman–Crippen MR) is 106 cm³/mol. The molecule has 1 N–H and O–H groups in total. The van der Waals surface area contributed by atoms with Crippen molar-refractivity contribution in [1.82, 2.24) is 4.90 Å². The molecule has 6 heteroatoms. The third kappa shape index (κ3) is 4.22. The molecule has 0 spiro atoms. The van der Waals surface area contributed by atoms with E-state index in [0.717, 1.165) is 23.4 Å². The lowest BCUT2D eigenvalue weighted by molar-refractivity contribution is -0.143. The van der Waals surface area contributed by atoms with Crippen molar-refractivity contribution in [2.45, 2.75) is 13.3 Å². The van der Waals surface area contributed by atoms with Crippen molar-refractivity contribution >= 4 is 23.2 Å². The van der Waals surface area contributed by atoms with E-state index in [1.54, 1.807) is 12.0 Å².